The molecule has 1 rings (SSSR count). The van der Waals surface area contributed by atoms with Gasteiger partial charge in [0, 0.05) is 18.3 Å². The molecule has 106 valence electrons. The number of amides is 1. The lowest BCUT2D eigenvalue weighted by Gasteiger charge is -2.25. The predicted octanol–water partition coefficient (Wildman–Crippen LogP) is 2.20. The molecule has 0 spiro atoms. The average Bonchev–Trinajstić information content (AvgIpc) is 2.40. The van der Waals surface area contributed by atoms with Crippen molar-refractivity contribution in [2.75, 3.05) is 18.9 Å². The van der Waals surface area contributed by atoms with Crippen LogP contribution in [0.1, 0.15) is 32.3 Å². The molecule has 0 aliphatic carbocycles. The van der Waals surface area contributed by atoms with Gasteiger partial charge < -0.3 is 11.1 Å². The van der Waals surface area contributed by atoms with Gasteiger partial charge in [0.2, 0.25) is 5.91 Å². The monoisotopic (exact) mass is 263 g/mol. The Labute approximate surface area is 116 Å². The van der Waals surface area contributed by atoms with Gasteiger partial charge in [0.05, 0.1) is 6.54 Å². The number of nitrogens with two attached hydrogens (primary N) is 1. The maximum absolute atomic E-state index is 11.9. The van der Waals surface area contributed by atoms with Crippen LogP contribution in [-0.4, -0.2) is 30.4 Å². The van der Waals surface area contributed by atoms with Crippen LogP contribution in [-0.2, 0) is 11.3 Å². The Bertz CT molecular complexity index is 385. The van der Waals surface area contributed by atoms with Crippen molar-refractivity contribution in [3.8, 4) is 0 Å². The fourth-order valence-corrected chi connectivity index (χ4v) is 2.19. The van der Waals surface area contributed by atoms with Crippen LogP contribution >= 0.6 is 0 Å². The summed E-state index contributed by atoms with van der Waals surface area (Å²) in [6.07, 6.45) is 2.12. The molecule has 0 saturated heterocycles. The number of benzene rings is 1. The van der Waals surface area contributed by atoms with Crippen LogP contribution in [0.15, 0.2) is 24.3 Å². The lowest BCUT2D eigenvalue weighted by Crippen LogP contribution is -2.37. The molecule has 0 unspecified atom stereocenters. The fraction of sp³-hybridized carbons (Fsp3) is 0.533. The Morgan fingerprint density at radius 1 is 1.26 bits per heavy atom. The highest BCUT2D eigenvalue weighted by atomic mass is 16.2. The molecule has 0 aliphatic heterocycles. The van der Waals surface area contributed by atoms with Gasteiger partial charge in [-0.15, -0.1) is 0 Å². The lowest BCUT2D eigenvalue weighted by atomic mass is 10.1. The minimum atomic E-state index is 0.0231. The van der Waals surface area contributed by atoms with Gasteiger partial charge in [-0.25, -0.2) is 0 Å². The van der Waals surface area contributed by atoms with Gasteiger partial charge in [-0.2, -0.15) is 0 Å². The van der Waals surface area contributed by atoms with E-state index in [4.69, 9.17) is 5.73 Å². The third kappa shape index (κ3) is 5.01. The van der Waals surface area contributed by atoms with E-state index in [1.54, 1.807) is 0 Å². The third-order valence-corrected chi connectivity index (χ3v) is 3.43. The van der Waals surface area contributed by atoms with Crippen LogP contribution in [0.2, 0.25) is 0 Å². The molecule has 4 nitrogen and oxygen atoms in total. The molecule has 3 N–H and O–H groups in total. The molecule has 0 fully saturated rings. The number of hydrogen-bond acceptors (Lipinski definition) is 3. The first kappa shape index (κ1) is 15.7. The van der Waals surface area contributed by atoms with Gasteiger partial charge in [0.1, 0.15) is 0 Å². The summed E-state index contributed by atoms with van der Waals surface area (Å²) >= 11 is 0. The van der Waals surface area contributed by atoms with Gasteiger partial charge in [0.15, 0.2) is 0 Å². The maximum Gasteiger partial charge on any atom is 0.238 e. The van der Waals surface area contributed by atoms with E-state index >= 15 is 0 Å². The first-order valence-electron chi connectivity index (χ1n) is 6.89. The van der Waals surface area contributed by atoms with Gasteiger partial charge in [-0.05, 0) is 37.6 Å². The zero-order valence-electron chi connectivity index (χ0n) is 12.1. The summed E-state index contributed by atoms with van der Waals surface area (Å²) in [6.45, 7) is 5.23. The highest BCUT2D eigenvalue weighted by Crippen LogP contribution is 2.10. The van der Waals surface area contributed by atoms with Crippen molar-refractivity contribution in [2.45, 2.75) is 39.3 Å². The average molecular weight is 263 g/mol. The van der Waals surface area contributed by atoms with Gasteiger partial charge in [-0.3, -0.25) is 9.69 Å². The Morgan fingerprint density at radius 3 is 2.32 bits per heavy atom. The second-order valence-electron chi connectivity index (χ2n) is 4.83. The van der Waals surface area contributed by atoms with Crippen molar-refractivity contribution in [3.05, 3.63) is 29.8 Å². The number of nitrogens with zero attached hydrogens (tertiary/aromatic N) is 1. The van der Waals surface area contributed by atoms with Crippen molar-refractivity contribution in [2.24, 2.45) is 5.73 Å². The van der Waals surface area contributed by atoms with Gasteiger partial charge in [-0.1, -0.05) is 26.0 Å². The van der Waals surface area contributed by atoms with Crippen LogP contribution in [0.5, 0.6) is 0 Å². The quantitative estimate of drug-likeness (QED) is 0.793. The largest absolute Gasteiger partial charge is 0.326 e. The summed E-state index contributed by atoms with van der Waals surface area (Å²) in [5.74, 6) is 0.0231. The van der Waals surface area contributed by atoms with E-state index in [0.29, 0.717) is 19.1 Å². The molecule has 0 heterocycles. The molecule has 4 heteroatoms. The Kier molecular flexibility index (Phi) is 6.53. The molecule has 0 radical (unpaired) electrons. The molecule has 1 aromatic rings. The zero-order valence-corrected chi connectivity index (χ0v) is 12.1. The van der Waals surface area contributed by atoms with E-state index in [1.807, 2.05) is 31.3 Å². The summed E-state index contributed by atoms with van der Waals surface area (Å²) in [7, 11) is 1.99. The van der Waals surface area contributed by atoms with E-state index in [-0.39, 0.29) is 5.91 Å². The van der Waals surface area contributed by atoms with Crippen LogP contribution in [0.3, 0.4) is 0 Å². The van der Waals surface area contributed by atoms with Crippen molar-refractivity contribution in [1.82, 2.24) is 4.90 Å². The third-order valence-electron chi connectivity index (χ3n) is 3.43. The summed E-state index contributed by atoms with van der Waals surface area (Å²) in [5, 5.41) is 2.91. The van der Waals surface area contributed by atoms with E-state index in [9.17, 15) is 4.79 Å². The molecular weight excluding hydrogens is 238 g/mol. The first-order chi connectivity index (χ1) is 9.10. The number of carbonyl (C=O) groups is 1. The smallest absolute Gasteiger partial charge is 0.238 e. The summed E-state index contributed by atoms with van der Waals surface area (Å²) < 4.78 is 0. The van der Waals surface area contributed by atoms with E-state index in [0.717, 1.165) is 24.1 Å². The maximum atomic E-state index is 11.9. The topological polar surface area (TPSA) is 58.4 Å². The molecule has 1 aromatic carbocycles. The van der Waals surface area contributed by atoms with Crippen molar-refractivity contribution in [3.63, 3.8) is 0 Å². The zero-order chi connectivity index (χ0) is 14.3. The predicted molar refractivity (Wildman–Crippen MR) is 80.0 cm³/mol. The molecule has 0 aromatic heterocycles. The van der Waals surface area contributed by atoms with Crippen molar-refractivity contribution >= 4 is 11.6 Å². The number of carbonyl (C=O) groups excluding carboxylic acids is 1. The Balaban J connectivity index is 2.50. The summed E-state index contributed by atoms with van der Waals surface area (Å²) in [5.41, 5.74) is 7.42. The second-order valence-corrected chi connectivity index (χ2v) is 4.83. The molecule has 0 saturated carbocycles. The normalized spacial score (nSPS) is 11.1. The number of nitrogens with one attached hydrogen (secondary N) is 1. The summed E-state index contributed by atoms with van der Waals surface area (Å²) in [6, 6.07) is 8.10. The minimum Gasteiger partial charge on any atom is -0.326 e. The molecule has 0 atom stereocenters. The molecule has 19 heavy (non-hydrogen) atoms. The highest BCUT2D eigenvalue weighted by Gasteiger charge is 2.13. The highest BCUT2D eigenvalue weighted by molar-refractivity contribution is 5.92. The van der Waals surface area contributed by atoms with Gasteiger partial charge >= 0.3 is 0 Å². The molecule has 0 bridgehead atoms. The number of rotatable bonds is 7. The second kappa shape index (κ2) is 7.92. The summed E-state index contributed by atoms with van der Waals surface area (Å²) in [4.78, 5) is 14.0. The Hall–Kier alpha value is -1.39. The number of likely N-dealkylation sites (N-methyl/N-ethyl adjacent to an activating group) is 1. The lowest BCUT2D eigenvalue weighted by molar-refractivity contribution is -0.117. The standard InChI is InChI=1S/C15H25N3O/c1-4-14(5-2)18(3)11-15(19)17-13-8-6-12(10-16)7-9-13/h6-9,14H,4-5,10-11,16H2,1-3H3,(H,17,19). The molecular formula is C15H25N3O. The van der Waals surface area contributed by atoms with Crippen LogP contribution in [0, 0.1) is 0 Å². The first-order valence-corrected chi connectivity index (χ1v) is 6.89. The van der Waals surface area contributed by atoms with E-state index in [1.165, 1.54) is 0 Å². The van der Waals surface area contributed by atoms with Crippen LogP contribution < -0.4 is 11.1 Å². The van der Waals surface area contributed by atoms with E-state index < -0.39 is 0 Å². The molecule has 0 aliphatic rings. The number of anilines is 1. The van der Waals surface area contributed by atoms with Crippen molar-refractivity contribution in [1.29, 1.82) is 0 Å². The number of hydrogen-bond donors (Lipinski definition) is 2. The minimum absolute atomic E-state index is 0.0231. The fourth-order valence-electron chi connectivity index (χ4n) is 2.19. The van der Waals surface area contributed by atoms with Crippen molar-refractivity contribution < 1.29 is 4.79 Å². The van der Waals surface area contributed by atoms with Crippen LogP contribution in [0.4, 0.5) is 5.69 Å². The Morgan fingerprint density at radius 2 is 1.84 bits per heavy atom. The van der Waals surface area contributed by atoms with Crippen LogP contribution in [0.25, 0.3) is 0 Å². The SMILES string of the molecule is CCC(CC)N(C)CC(=O)Nc1ccc(CN)cc1. The molecule has 1 amide bonds. The van der Waals surface area contributed by atoms with E-state index in [2.05, 4.69) is 24.1 Å². The van der Waals surface area contributed by atoms with Gasteiger partial charge in [0.25, 0.3) is 0 Å².